The molecule has 2 heterocycles. The highest BCUT2D eigenvalue weighted by molar-refractivity contribution is 7.92. The molecule has 2 aromatic heterocycles. The summed E-state index contributed by atoms with van der Waals surface area (Å²) in [6.45, 7) is 1.56. The Morgan fingerprint density at radius 3 is 2.64 bits per heavy atom. The first-order valence-corrected chi connectivity index (χ1v) is 8.12. The number of aryl methyl sites for hydroxylation is 1. The zero-order chi connectivity index (χ0) is 15.7. The molecule has 0 radical (unpaired) electrons. The van der Waals surface area contributed by atoms with Crippen LogP contribution in [0.4, 0.5) is 5.69 Å². The van der Waals surface area contributed by atoms with Crippen LogP contribution >= 0.6 is 11.6 Å². The number of hydrogen-bond acceptors (Lipinski definition) is 5. The number of nitrogens with one attached hydrogen (secondary N) is 1. The molecule has 3 aromatic rings. The monoisotopic (exact) mass is 338 g/mol. The second-order valence-corrected chi connectivity index (χ2v) is 6.55. The van der Waals surface area contributed by atoms with E-state index >= 15 is 0 Å². The summed E-state index contributed by atoms with van der Waals surface area (Å²) >= 11 is 5.97. The number of para-hydroxylation sites is 1. The summed E-state index contributed by atoms with van der Waals surface area (Å²) in [5.74, 6) is 0.878. The van der Waals surface area contributed by atoms with Gasteiger partial charge in [-0.1, -0.05) is 28.9 Å². The summed E-state index contributed by atoms with van der Waals surface area (Å²) < 4.78 is 37.8. The van der Waals surface area contributed by atoms with Crippen molar-refractivity contribution in [1.82, 2.24) is 5.16 Å². The molecule has 0 aliphatic heterocycles. The smallest absolute Gasteiger partial charge is 0.265 e. The van der Waals surface area contributed by atoms with Crippen molar-refractivity contribution in [2.45, 2.75) is 11.8 Å². The molecular weight excluding hydrogens is 328 g/mol. The van der Waals surface area contributed by atoms with Crippen molar-refractivity contribution in [3.63, 3.8) is 0 Å². The van der Waals surface area contributed by atoms with Crippen molar-refractivity contribution in [1.29, 1.82) is 0 Å². The van der Waals surface area contributed by atoms with E-state index in [1.807, 2.05) is 0 Å². The Labute approximate surface area is 131 Å². The van der Waals surface area contributed by atoms with Gasteiger partial charge in [0.1, 0.15) is 10.7 Å². The van der Waals surface area contributed by atoms with Crippen molar-refractivity contribution in [3.05, 3.63) is 53.4 Å². The molecule has 0 saturated heterocycles. The summed E-state index contributed by atoms with van der Waals surface area (Å²) in [5, 5.41) is 3.87. The van der Waals surface area contributed by atoms with E-state index in [1.54, 1.807) is 37.3 Å². The molecule has 0 amide bonds. The third-order valence-corrected chi connectivity index (χ3v) is 4.76. The predicted molar refractivity (Wildman–Crippen MR) is 81.2 cm³/mol. The van der Waals surface area contributed by atoms with Crippen LogP contribution in [0.3, 0.4) is 0 Å². The first-order valence-electron chi connectivity index (χ1n) is 6.26. The van der Waals surface area contributed by atoms with Crippen molar-refractivity contribution in [2.24, 2.45) is 0 Å². The molecule has 0 saturated carbocycles. The number of rotatable bonds is 4. The number of furan rings is 1. The fourth-order valence-corrected chi connectivity index (χ4v) is 3.44. The standard InChI is InChI=1S/C14H11ClN2O4S/c1-9-14(8-13(20-9)12-6-7-16-21-12)22(18,19)17-11-5-3-2-4-10(11)15/h2-8,17H,1H3. The molecule has 1 N–H and O–H groups in total. The number of nitrogens with zero attached hydrogens (tertiary/aromatic N) is 1. The van der Waals surface area contributed by atoms with Crippen molar-refractivity contribution < 1.29 is 17.4 Å². The van der Waals surface area contributed by atoms with E-state index in [2.05, 4.69) is 9.88 Å². The van der Waals surface area contributed by atoms with Crippen LogP contribution in [0.5, 0.6) is 0 Å². The van der Waals surface area contributed by atoms with Gasteiger partial charge < -0.3 is 8.94 Å². The van der Waals surface area contributed by atoms with Crippen LogP contribution in [-0.2, 0) is 10.0 Å². The lowest BCUT2D eigenvalue weighted by molar-refractivity contribution is 0.414. The molecule has 6 nitrogen and oxygen atoms in total. The second-order valence-electron chi connectivity index (χ2n) is 4.49. The fourth-order valence-electron chi connectivity index (χ4n) is 1.94. The lowest BCUT2D eigenvalue weighted by Crippen LogP contribution is -2.13. The van der Waals surface area contributed by atoms with Crippen LogP contribution in [0.15, 0.2) is 56.4 Å². The minimum Gasteiger partial charge on any atom is -0.456 e. The highest BCUT2D eigenvalue weighted by atomic mass is 35.5. The average molecular weight is 339 g/mol. The van der Waals surface area contributed by atoms with Crippen LogP contribution < -0.4 is 4.72 Å². The van der Waals surface area contributed by atoms with E-state index < -0.39 is 10.0 Å². The largest absolute Gasteiger partial charge is 0.456 e. The van der Waals surface area contributed by atoms with Crippen molar-refractivity contribution >= 4 is 27.3 Å². The Bertz CT molecular complexity index is 901. The van der Waals surface area contributed by atoms with Gasteiger partial charge in [-0.05, 0) is 19.1 Å². The van der Waals surface area contributed by atoms with E-state index in [0.29, 0.717) is 16.5 Å². The van der Waals surface area contributed by atoms with Gasteiger partial charge in [0.25, 0.3) is 10.0 Å². The molecular formula is C14H11ClN2O4S. The van der Waals surface area contributed by atoms with E-state index in [4.69, 9.17) is 20.5 Å². The van der Waals surface area contributed by atoms with E-state index in [1.165, 1.54) is 12.3 Å². The average Bonchev–Trinajstić information content (AvgIpc) is 3.10. The van der Waals surface area contributed by atoms with E-state index in [9.17, 15) is 8.42 Å². The van der Waals surface area contributed by atoms with Gasteiger partial charge in [-0.25, -0.2) is 8.42 Å². The zero-order valence-electron chi connectivity index (χ0n) is 11.4. The minimum atomic E-state index is -3.83. The summed E-state index contributed by atoms with van der Waals surface area (Å²) in [5.41, 5.74) is 0.297. The van der Waals surface area contributed by atoms with Crippen molar-refractivity contribution in [3.8, 4) is 11.5 Å². The number of hydrogen-bond donors (Lipinski definition) is 1. The Morgan fingerprint density at radius 1 is 1.18 bits per heavy atom. The molecule has 8 heteroatoms. The van der Waals surface area contributed by atoms with Crippen LogP contribution in [0.1, 0.15) is 5.76 Å². The van der Waals surface area contributed by atoms with Gasteiger partial charge in [-0.2, -0.15) is 0 Å². The Balaban J connectivity index is 1.98. The maximum atomic E-state index is 12.5. The number of benzene rings is 1. The first-order chi connectivity index (χ1) is 10.5. The molecule has 0 unspecified atom stereocenters. The van der Waals surface area contributed by atoms with Gasteiger partial charge in [0, 0.05) is 12.1 Å². The summed E-state index contributed by atoms with van der Waals surface area (Å²) in [4.78, 5) is 0.0128. The third-order valence-electron chi connectivity index (χ3n) is 2.96. The lowest BCUT2D eigenvalue weighted by atomic mass is 10.3. The van der Waals surface area contributed by atoms with Crippen LogP contribution in [0.2, 0.25) is 5.02 Å². The Morgan fingerprint density at radius 2 is 1.95 bits per heavy atom. The SMILES string of the molecule is Cc1oc(-c2ccno2)cc1S(=O)(=O)Nc1ccccc1Cl. The van der Waals surface area contributed by atoms with Gasteiger partial charge in [0.05, 0.1) is 16.9 Å². The molecule has 0 bridgehead atoms. The number of aromatic nitrogens is 1. The molecule has 0 aliphatic carbocycles. The number of halogens is 1. The molecule has 3 rings (SSSR count). The second kappa shape index (κ2) is 5.51. The molecule has 22 heavy (non-hydrogen) atoms. The summed E-state index contributed by atoms with van der Waals surface area (Å²) in [6, 6.07) is 9.54. The highest BCUT2D eigenvalue weighted by Crippen LogP contribution is 2.30. The highest BCUT2D eigenvalue weighted by Gasteiger charge is 2.23. The molecule has 0 aliphatic rings. The van der Waals surface area contributed by atoms with Gasteiger partial charge in [0.2, 0.25) is 5.76 Å². The number of sulfonamides is 1. The van der Waals surface area contributed by atoms with Gasteiger partial charge >= 0.3 is 0 Å². The summed E-state index contributed by atoms with van der Waals surface area (Å²) in [7, 11) is -3.83. The quantitative estimate of drug-likeness (QED) is 0.784. The van der Waals surface area contributed by atoms with Gasteiger partial charge in [-0.15, -0.1) is 0 Å². The third kappa shape index (κ3) is 2.72. The van der Waals surface area contributed by atoms with Gasteiger partial charge in [0.15, 0.2) is 5.76 Å². The Hall–Kier alpha value is -2.25. The normalized spacial score (nSPS) is 11.5. The van der Waals surface area contributed by atoms with Crippen molar-refractivity contribution in [2.75, 3.05) is 4.72 Å². The zero-order valence-corrected chi connectivity index (χ0v) is 13.0. The summed E-state index contributed by atoms with van der Waals surface area (Å²) in [6.07, 6.45) is 1.45. The van der Waals surface area contributed by atoms with Crippen LogP contribution in [0.25, 0.3) is 11.5 Å². The molecule has 114 valence electrons. The maximum absolute atomic E-state index is 12.5. The molecule has 0 spiro atoms. The molecule has 0 atom stereocenters. The first kappa shape index (κ1) is 14.7. The van der Waals surface area contributed by atoms with Crippen LogP contribution in [-0.4, -0.2) is 13.6 Å². The minimum absolute atomic E-state index is 0.0128. The topological polar surface area (TPSA) is 85.3 Å². The van der Waals surface area contributed by atoms with Gasteiger partial charge in [-0.3, -0.25) is 4.72 Å². The Kier molecular flexibility index (Phi) is 3.67. The fraction of sp³-hybridized carbons (Fsp3) is 0.0714. The van der Waals surface area contributed by atoms with E-state index in [-0.39, 0.29) is 16.4 Å². The molecule has 1 aromatic carbocycles. The predicted octanol–water partition coefficient (Wildman–Crippen LogP) is 3.70. The maximum Gasteiger partial charge on any atom is 0.265 e. The molecule has 0 fully saturated rings. The lowest BCUT2D eigenvalue weighted by Gasteiger charge is -2.08. The van der Waals surface area contributed by atoms with E-state index in [0.717, 1.165) is 0 Å². The van der Waals surface area contributed by atoms with Crippen LogP contribution in [0, 0.1) is 6.92 Å². The number of anilines is 1.